The predicted molar refractivity (Wildman–Crippen MR) is 100 cm³/mol. The minimum Gasteiger partial charge on any atom is -0.351 e. The second-order valence-electron chi connectivity index (χ2n) is 6.93. The Morgan fingerprint density at radius 2 is 1.88 bits per heavy atom. The van der Waals surface area contributed by atoms with Crippen LogP contribution in [0.15, 0.2) is 67.0 Å². The summed E-state index contributed by atoms with van der Waals surface area (Å²) < 4.78 is 1.77. The molecule has 25 heavy (non-hydrogen) atoms. The molecule has 0 bridgehead atoms. The van der Waals surface area contributed by atoms with Crippen molar-refractivity contribution in [2.75, 3.05) is 6.54 Å². The zero-order valence-electron chi connectivity index (χ0n) is 14.9. The van der Waals surface area contributed by atoms with Crippen LogP contribution in [0.2, 0.25) is 0 Å². The molecule has 0 aliphatic rings. The van der Waals surface area contributed by atoms with Gasteiger partial charge in [0.1, 0.15) is 0 Å². The van der Waals surface area contributed by atoms with Gasteiger partial charge in [-0.05, 0) is 42.8 Å². The first-order valence-electron chi connectivity index (χ1n) is 8.41. The maximum Gasteiger partial charge on any atom is 0.251 e. The number of benzene rings is 2. The highest BCUT2D eigenvalue weighted by Crippen LogP contribution is 2.23. The first kappa shape index (κ1) is 17.0. The largest absolute Gasteiger partial charge is 0.351 e. The fourth-order valence-corrected chi connectivity index (χ4v) is 2.76. The number of hydrogen-bond acceptors (Lipinski definition) is 2. The Labute approximate surface area is 148 Å². The molecule has 4 heteroatoms. The SMILES string of the molecule is Cc1cccc(C(C)(C)CNC(=O)c2ccc(-n3cccn3)cc2)c1. The van der Waals surface area contributed by atoms with Crippen molar-refractivity contribution >= 4 is 5.91 Å². The van der Waals surface area contributed by atoms with Gasteiger partial charge in [-0.2, -0.15) is 5.10 Å². The average molecular weight is 333 g/mol. The molecule has 1 aromatic heterocycles. The fraction of sp³-hybridized carbons (Fsp3) is 0.238. The van der Waals surface area contributed by atoms with Crippen LogP contribution in [0.5, 0.6) is 0 Å². The lowest BCUT2D eigenvalue weighted by molar-refractivity contribution is 0.0945. The molecule has 0 saturated carbocycles. The monoisotopic (exact) mass is 333 g/mol. The van der Waals surface area contributed by atoms with E-state index in [-0.39, 0.29) is 11.3 Å². The Kier molecular flexibility index (Phi) is 4.70. The van der Waals surface area contributed by atoms with Crippen LogP contribution in [0.3, 0.4) is 0 Å². The van der Waals surface area contributed by atoms with Crippen molar-refractivity contribution in [3.8, 4) is 5.69 Å². The van der Waals surface area contributed by atoms with E-state index in [0.717, 1.165) is 5.69 Å². The number of aromatic nitrogens is 2. The molecule has 0 saturated heterocycles. The predicted octanol–water partition coefficient (Wildman–Crippen LogP) is 3.89. The van der Waals surface area contributed by atoms with Gasteiger partial charge in [0.2, 0.25) is 0 Å². The number of amides is 1. The lowest BCUT2D eigenvalue weighted by atomic mass is 9.84. The summed E-state index contributed by atoms with van der Waals surface area (Å²) >= 11 is 0. The second kappa shape index (κ2) is 6.93. The minimum atomic E-state index is -0.128. The zero-order chi connectivity index (χ0) is 17.9. The van der Waals surface area contributed by atoms with E-state index in [9.17, 15) is 4.79 Å². The summed E-state index contributed by atoms with van der Waals surface area (Å²) in [6.07, 6.45) is 3.60. The van der Waals surface area contributed by atoms with Crippen LogP contribution in [0.25, 0.3) is 5.69 Å². The lowest BCUT2D eigenvalue weighted by Crippen LogP contribution is -2.36. The summed E-state index contributed by atoms with van der Waals surface area (Å²) in [5.74, 6) is -0.0623. The average Bonchev–Trinajstić information content (AvgIpc) is 3.14. The van der Waals surface area contributed by atoms with E-state index in [1.807, 2.05) is 36.5 Å². The van der Waals surface area contributed by atoms with Gasteiger partial charge in [0.25, 0.3) is 5.91 Å². The molecule has 0 fully saturated rings. The van der Waals surface area contributed by atoms with Gasteiger partial charge in [-0.15, -0.1) is 0 Å². The van der Waals surface area contributed by atoms with E-state index < -0.39 is 0 Å². The number of rotatable bonds is 5. The molecule has 4 nitrogen and oxygen atoms in total. The van der Waals surface area contributed by atoms with Crippen LogP contribution < -0.4 is 5.32 Å². The summed E-state index contributed by atoms with van der Waals surface area (Å²) in [5, 5.41) is 7.24. The third-order valence-corrected chi connectivity index (χ3v) is 4.39. The van der Waals surface area contributed by atoms with Crippen molar-refractivity contribution in [1.82, 2.24) is 15.1 Å². The Balaban J connectivity index is 1.66. The normalized spacial score (nSPS) is 11.3. The van der Waals surface area contributed by atoms with Crippen molar-refractivity contribution in [2.45, 2.75) is 26.2 Å². The van der Waals surface area contributed by atoms with Crippen molar-refractivity contribution in [1.29, 1.82) is 0 Å². The highest BCUT2D eigenvalue weighted by molar-refractivity contribution is 5.94. The van der Waals surface area contributed by atoms with Gasteiger partial charge in [0, 0.05) is 29.9 Å². The first-order chi connectivity index (χ1) is 12.0. The number of hydrogen-bond donors (Lipinski definition) is 1. The quantitative estimate of drug-likeness (QED) is 0.770. The Morgan fingerprint density at radius 1 is 1.12 bits per heavy atom. The number of carbonyl (C=O) groups excluding carboxylic acids is 1. The molecular weight excluding hydrogens is 310 g/mol. The lowest BCUT2D eigenvalue weighted by Gasteiger charge is -2.26. The summed E-state index contributed by atoms with van der Waals surface area (Å²) in [5.41, 5.74) is 3.90. The highest BCUT2D eigenvalue weighted by Gasteiger charge is 2.21. The molecule has 0 spiro atoms. The van der Waals surface area contributed by atoms with Gasteiger partial charge < -0.3 is 5.32 Å². The van der Waals surface area contributed by atoms with E-state index >= 15 is 0 Å². The minimum absolute atomic E-state index is 0.0623. The van der Waals surface area contributed by atoms with E-state index in [2.05, 4.69) is 55.5 Å². The maximum atomic E-state index is 12.5. The van der Waals surface area contributed by atoms with Crippen LogP contribution >= 0.6 is 0 Å². The molecule has 0 unspecified atom stereocenters. The Morgan fingerprint density at radius 3 is 2.52 bits per heavy atom. The molecule has 0 aliphatic heterocycles. The summed E-state index contributed by atoms with van der Waals surface area (Å²) in [6.45, 7) is 6.95. The van der Waals surface area contributed by atoms with E-state index in [4.69, 9.17) is 0 Å². The summed E-state index contributed by atoms with van der Waals surface area (Å²) in [6, 6.07) is 17.7. The number of aryl methyl sites for hydroxylation is 1. The third-order valence-electron chi connectivity index (χ3n) is 4.39. The van der Waals surface area contributed by atoms with Crippen molar-refractivity contribution in [2.24, 2.45) is 0 Å². The van der Waals surface area contributed by atoms with E-state index in [0.29, 0.717) is 12.1 Å². The van der Waals surface area contributed by atoms with Crippen molar-refractivity contribution in [3.05, 3.63) is 83.7 Å². The second-order valence-corrected chi connectivity index (χ2v) is 6.93. The molecular formula is C21H23N3O. The number of carbonyl (C=O) groups is 1. The van der Waals surface area contributed by atoms with Gasteiger partial charge in [0.15, 0.2) is 0 Å². The fourth-order valence-electron chi connectivity index (χ4n) is 2.76. The topological polar surface area (TPSA) is 46.9 Å². The number of nitrogens with one attached hydrogen (secondary N) is 1. The standard InChI is InChI=1S/C21H23N3O/c1-16-6-4-7-18(14-16)21(2,3)15-22-20(25)17-8-10-19(11-9-17)24-13-5-12-23-24/h4-14H,15H2,1-3H3,(H,22,25). The maximum absolute atomic E-state index is 12.5. The van der Waals surface area contributed by atoms with E-state index in [1.165, 1.54) is 11.1 Å². The molecule has 128 valence electrons. The molecule has 3 aromatic rings. The Bertz CT molecular complexity index is 849. The third kappa shape index (κ3) is 3.97. The Hall–Kier alpha value is -2.88. The van der Waals surface area contributed by atoms with Gasteiger partial charge in [0.05, 0.1) is 5.69 Å². The van der Waals surface area contributed by atoms with Crippen molar-refractivity contribution in [3.63, 3.8) is 0 Å². The van der Waals surface area contributed by atoms with Gasteiger partial charge in [-0.3, -0.25) is 4.79 Å². The highest BCUT2D eigenvalue weighted by atomic mass is 16.1. The van der Waals surface area contributed by atoms with Gasteiger partial charge in [-0.1, -0.05) is 43.7 Å². The van der Waals surface area contributed by atoms with Crippen molar-refractivity contribution < 1.29 is 4.79 Å². The molecule has 1 amide bonds. The molecule has 0 atom stereocenters. The van der Waals surface area contributed by atoms with E-state index in [1.54, 1.807) is 10.9 Å². The molecule has 1 heterocycles. The molecule has 0 radical (unpaired) electrons. The van der Waals surface area contributed by atoms with Gasteiger partial charge >= 0.3 is 0 Å². The smallest absolute Gasteiger partial charge is 0.251 e. The van der Waals surface area contributed by atoms with Crippen LogP contribution in [-0.4, -0.2) is 22.2 Å². The van der Waals surface area contributed by atoms with Crippen LogP contribution in [0.1, 0.15) is 35.3 Å². The summed E-state index contributed by atoms with van der Waals surface area (Å²) in [7, 11) is 0. The zero-order valence-corrected chi connectivity index (χ0v) is 14.9. The van der Waals surface area contributed by atoms with Crippen LogP contribution in [0.4, 0.5) is 0 Å². The first-order valence-corrected chi connectivity index (χ1v) is 8.41. The molecule has 1 N–H and O–H groups in total. The van der Waals surface area contributed by atoms with Crippen LogP contribution in [0, 0.1) is 6.92 Å². The van der Waals surface area contributed by atoms with Crippen LogP contribution in [-0.2, 0) is 5.41 Å². The molecule has 3 rings (SSSR count). The molecule has 2 aromatic carbocycles. The summed E-state index contributed by atoms with van der Waals surface area (Å²) in [4.78, 5) is 12.5. The number of nitrogens with zero attached hydrogens (tertiary/aromatic N) is 2. The van der Waals surface area contributed by atoms with Gasteiger partial charge in [-0.25, -0.2) is 4.68 Å². The molecule has 0 aliphatic carbocycles.